The molecular weight excluding hydrogens is 354 g/mol. The van der Waals surface area contributed by atoms with Gasteiger partial charge in [-0.3, -0.25) is 4.79 Å². The van der Waals surface area contributed by atoms with E-state index in [0.717, 1.165) is 24.2 Å². The van der Waals surface area contributed by atoms with Crippen molar-refractivity contribution in [1.29, 1.82) is 0 Å². The lowest BCUT2D eigenvalue weighted by Crippen LogP contribution is -2.28. The number of ether oxygens (including phenoxy) is 1. The molecule has 2 aromatic rings. The predicted molar refractivity (Wildman–Crippen MR) is 101 cm³/mol. The molecule has 0 unspecified atom stereocenters. The quantitative estimate of drug-likeness (QED) is 0.588. The van der Waals surface area contributed by atoms with Crippen molar-refractivity contribution in [1.82, 2.24) is 10.6 Å². The molecular formula is C19H22ClN3O3. The molecule has 0 bridgehead atoms. The number of primary amides is 1. The highest BCUT2D eigenvalue weighted by atomic mass is 35.5. The summed E-state index contributed by atoms with van der Waals surface area (Å²) in [5.74, 6) is 0.655. The lowest BCUT2D eigenvalue weighted by Gasteiger charge is -2.08. The second-order valence-corrected chi connectivity index (χ2v) is 6.12. The molecule has 0 aliphatic heterocycles. The van der Waals surface area contributed by atoms with Crippen LogP contribution in [0.25, 0.3) is 0 Å². The number of rotatable bonds is 9. The third-order valence-electron chi connectivity index (χ3n) is 3.62. The fourth-order valence-corrected chi connectivity index (χ4v) is 2.34. The zero-order chi connectivity index (χ0) is 18.8. The van der Waals surface area contributed by atoms with Gasteiger partial charge in [0.05, 0.1) is 6.61 Å². The number of amides is 3. The van der Waals surface area contributed by atoms with Gasteiger partial charge in [0.2, 0.25) is 0 Å². The summed E-state index contributed by atoms with van der Waals surface area (Å²) in [5.41, 5.74) is 6.47. The summed E-state index contributed by atoms with van der Waals surface area (Å²) < 4.78 is 5.60. The van der Waals surface area contributed by atoms with E-state index < -0.39 is 6.03 Å². The third-order valence-corrected chi connectivity index (χ3v) is 3.87. The van der Waals surface area contributed by atoms with Crippen molar-refractivity contribution in [3.8, 4) is 5.75 Å². The fourth-order valence-electron chi connectivity index (χ4n) is 2.22. The Balaban J connectivity index is 1.62. The summed E-state index contributed by atoms with van der Waals surface area (Å²) in [5, 5.41) is 6.05. The van der Waals surface area contributed by atoms with Gasteiger partial charge in [0.15, 0.2) is 0 Å². The number of carbonyl (C=O) groups excluding carboxylic acids is 2. The second-order valence-electron chi connectivity index (χ2n) is 5.68. The van der Waals surface area contributed by atoms with Crippen molar-refractivity contribution in [2.24, 2.45) is 5.73 Å². The van der Waals surface area contributed by atoms with Crippen LogP contribution in [0, 0.1) is 0 Å². The largest absolute Gasteiger partial charge is 0.494 e. The van der Waals surface area contributed by atoms with Crippen molar-refractivity contribution >= 4 is 23.5 Å². The standard InChI is InChI=1S/C19H22ClN3O3/c20-16-7-9-17(10-8-16)26-12-2-1-11-22-18(24)15-5-3-14(4-6-15)13-23-19(21)25/h3-10H,1-2,11-13H2,(H,22,24)(H3,21,23,25). The van der Waals surface area contributed by atoms with Gasteiger partial charge in [-0.05, 0) is 54.8 Å². The van der Waals surface area contributed by atoms with Crippen LogP contribution in [-0.2, 0) is 6.54 Å². The zero-order valence-electron chi connectivity index (χ0n) is 14.3. The maximum absolute atomic E-state index is 12.1. The Morgan fingerprint density at radius 2 is 1.65 bits per heavy atom. The highest BCUT2D eigenvalue weighted by Crippen LogP contribution is 2.15. The maximum atomic E-state index is 12.1. The Labute approximate surface area is 157 Å². The average Bonchev–Trinajstić information content (AvgIpc) is 2.64. The van der Waals surface area contributed by atoms with Gasteiger partial charge in [-0.1, -0.05) is 23.7 Å². The van der Waals surface area contributed by atoms with Crippen molar-refractivity contribution in [2.75, 3.05) is 13.2 Å². The van der Waals surface area contributed by atoms with E-state index in [2.05, 4.69) is 10.6 Å². The Morgan fingerprint density at radius 1 is 0.962 bits per heavy atom. The van der Waals surface area contributed by atoms with Gasteiger partial charge in [0.25, 0.3) is 5.91 Å². The monoisotopic (exact) mass is 375 g/mol. The molecule has 6 nitrogen and oxygen atoms in total. The minimum Gasteiger partial charge on any atom is -0.494 e. The number of hydrogen-bond donors (Lipinski definition) is 3. The molecule has 0 radical (unpaired) electrons. The number of urea groups is 1. The van der Waals surface area contributed by atoms with Crippen LogP contribution in [0.4, 0.5) is 4.79 Å². The topological polar surface area (TPSA) is 93.5 Å². The molecule has 0 saturated carbocycles. The first-order chi connectivity index (χ1) is 12.5. The Bertz CT molecular complexity index is 718. The number of hydrogen-bond acceptors (Lipinski definition) is 3. The van der Waals surface area contributed by atoms with E-state index in [4.69, 9.17) is 22.1 Å². The lowest BCUT2D eigenvalue weighted by atomic mass is 10.1. The molecule has 0 saturated heterocycles. The van der Waals surface area contributed by atoms with Crippen molar-refractivity contribution < 1.29 is 14.3 Å². The zero-order valence-corrected chi connectivity index (χ0v) is 15.1. The van der Waals surface area contributed by atoms with Gasteiger partial charge >= 0.3 is 6.03 Å². The van der Waals surface area contributed by atoms with E-state index in [9.17, 15) is 9.59 Å². The summed E-state index contributed by atoms with van der Waals surface area (Å²) in [6.45, 7) is 1.50. The number of unbranched alkanes of at least 4 members (excludes halogenated alkanes) is 1. The number of nitrogens with two attached hydrogens (primary N) is 1. The molecule has 3 amide bonds. The Morgan fingerprint density at radius 3 is 2.31 bits per heavy atom. The van der Waals surface area contributed by atoms with Gasteiger partial charge in [0, 0.05) is 23.7 Å². The van der Waals surface area contributed by atoms with Crippen molar-refractivity contribution in [3.05, 3.63) is 64.7 Å². The fraction of sp³-hybridized carbons (Fsp3) is 0.263. The molecule has 0 spiro atoms. The van der Waals surface area contributed by atoms with Crippen LogP contribution in [0.1, 0.15) is 28.8 Å². The first-order valence-electron chi connectivity index (χ1n) is 8.33. The molecule has 2 aromatic carbocycles. The highest BCUT2D eigenvalue weighted by Gasteiger charge is 2.05. The first kappa shape index (κ1) is 19.6. The SMILES string of the molecule is NC(=O)NCc1ccc(C(=O)NCCCCOc2ccc(Cl)cc2)cc1. The molecule has 2 rings (SSSR count). The lowest BCUT2D eigenvalue weighted by molar-refractivity contribution is 0.0952. The van der Waals surface area contributed by atoms with E-state index in [-0.39, 0.29) is 5.91 Å². The first-order valence-corrected chi connectivity index (χ1v) is 8.71. The normalized spacial score (nSPS) is 10.2. The molecule has 138 valence electrons. The van der Waals surface area contributed by atoms with Gasteiger partial charge < -0.3 is 21.1 Å². The third kappa shape index (κ3) is 7.03. The summed E-state index contributed by atoms with van der Waals surface area (Å²) in [6, 6.07) is 13.6. The number of benzene rings is 2. The van der Waals surface area contributed by atoms with Crippen LogP contribution in [0.3, 0.4) is 0 Å². The molecule has 0 heterocycles. The van der Waals surface area contributed by atoms with E-state index in [1.807, 2.05) is 12.1 Å². The summed E-state index contributed by atoms with van der Waals surface area (Å²) >= 11 is 5.81. The smallest absolute Gasteiger partial charge is 0.312 e. The molecule has 7 heteroatoms. The Hall–Kier alpha value is -2.73. The van der Waals surface area contributed by atoms with E-state index in [1.165, 1.54) is 0 Å². The van der Waals surface area contributed by atoms with Gasteiger partial charge in [-0.15, -0.1) is 0 Å². The van der Waals surface area contributed by atoms with Crippen LogP contribution in [0.5, 0.6) is 5.75 Å². The highest BCUT2D eigenvalue weighted by molar-refractivity contribution is 6.30. The minimum atomic E-state index is -0.577. The summed E-state index contributed by atoms with van der Waals surface area (Å²) in [6.07, 6.45) is 1.65. The van der Waals surface area contributed by atoms with Gasteiger partial charge in [-0.25, -0.2) is 4.79 Å². The molecule has 0 fully saturated rings. The van der Waals surface area contributed by atoms with E-state index in [1.54, 1.807) is 36.4 Å². The minimum absolute atomic E-state index is 0.127. The number of nitrogens with one attached hydrogen (secondary N) is 2. The molecule has 0 aliphatic rings. The van der Waals surface area contributed by atoms with Crippen LogP contribution < -0.4 is 21.1 Å². The summed E-state index contributed by atoms with van der Waals surface area (Å²) in [7, 11) is 0. The van der Waals surface area contributed by atoms with E-state index in [0.29, 0.717) is 30.3 Å². The second kappa shape index (κ2) is 10.3. The number of carbonyl (C=O) groups is 2. The Kier molecular flexibility index (Phi) is 7.76. The average molecular weight is 376 g/mol. The van der Waals surface area contributed by atoms with Crippen LogP contribution in [0.2, 0.25) is 5.02 Å². The van der Waals surface area contributed by atoms with E-state index >= 15 is 0 Å². The van der Waals surface area contributed by atoms with Crippen LogP contribution in [-0.4, -0.2) is 25.1 Å². The van der Waals surface area contributed by atoms with Gasteiger partial charge in [0.1, 0.15) is 5.75 Å². The van der Waals surface area contributed by atoms with Gasteiger partial charge in [-0.2, -0.15) is 0 Å². The summed E-state index contributed by atoms with van der Waals surface area (Å²) in [4.78, 5) is 22.7. The van der Waals surface area contributed by atoms with Crippen LogP contribution in [0.15, 0.2) is 48.5 Å². The van der Waals surface area contributed by atoms with Crippen molar-refractivity contribution in [2.45, 2.75) is 19.4 Å². The van der Waals surface area contributed by atoms with Crippen LogP contribution >= 0.6 is 11.6 Å². The molecule has 0 atom stereocenters. The molecule has 0 aromatic heterocycles. The van der Waals surface area contributed by atoms with Crippen molar-refractivity contribution in [3.63, 3.8) is 0 Å². The molecule has 0 aliphatic carbocycles. The number of halogens is 1. The predicted octanol–water partition coefficient (Wildman–Crippen LogP) is 3.10. The molecule has 4 N–H and O–H groups in total. The maximum Gasteiger partial charge on any atom is 0.312 e. The molecule has 26 heavy (non-hydrogen) atoms.